The molecule has 0 bridgehead atoms. The summed E-state index contributed by atoms with van der Waals surface area (Å²) in [6.07, 6.45) is 9.73. The summed E-state index contributed by atoms with van der Waals surface area (Å²) in [6.45, 7) is 9.49. The molecule has 1 fully saturated rings. The molecule has 1 saturated carbocycles. The maximum atomic E-state index is 8.52. The largest absolute Gasteiger partial charge is 0.427 e. The Morgan fingerprint density at radius 1 is 1.38 bits per heavy atom. The summed E-state index contributed by atoms with van der Waals surface area (Å²) in [4.78, 5) is 0. The fraction of sp³-hybridized carbons (Fsp3) is 0.786. The van der Waals surface area contributed by atoms with E-state index in [1.54, 1.807) is 6.26 Å². The van der Waals surface area contributed by atoms with Gasteiger partial charge in [0.2, 0.25) is 0 Å². The summed E-state index contributed by atoms with van der Waals surface area (Å²) in [5, 5.41) is 8.52. The Balaban J connectivity index is 2.75. The van der Waals surface area contributed by atoms with E-state index < -0.39 is 0 Å². The van der Waals surface area contributed by atoms with Crippen molar-refractivity contribution in [3.05, 3.63) is 12.2 Å². The van der Waals surface area contributed by atoms with E-state index in [2.05, 4.69) is 39.8 Å². The minimum Gasteiger partial charge on any atom is -0.427 e. The highest BCUT2D eigenvalue weighted by atomic mass is 16.5. The average Bonchev–Trinajstić information content (AvgIpc) is 2.12. The summed E-state index contributed by atoms with van der Waals surface area (Å²) in [5.41, 5.74) is 0.484. The van der Waals surface area contributed by atoms with E-state index in [9.17, 15) is 0 Å². The topological polar surface area (TPSA) is 33.0 Å². The predicted molar refractivity (Wildman–Crippen MR) is 65.6 cm³/mol. The molecule has 1 aliphatic rings. The van der Waals surface area contributed by atoms with Crippen LogP contribution in [0.4, 0.5) is 0 Å². The molecule has 2 atom stereocenters. The van der Waals surface area contributed by atoms with Crippen LogP contribution in [0.15, 0.2) is 12.2 Å². The second-order valence-corrected chi connectivity index (χ2v) is 6.23. The van der Waals surface area contributed by atoms with Gasteiger partial charge in [-0.3, -0.25) is 0 Å². The molecule has 90 valence electrons. The minimum atomic E-state index is 0.141. The molecule has 1 aliphatic carbocycles. The zero-order valence-electron chi connectivity index (χ0n) is 10.9. The number of hydrogen-bond donors (Lipinski definition) is 0. The molecule has 2 nitrogen and oxygen atoms in total. The van der Waals surface area contributed by atoms with E-state index in [1.165, 1.54) is 6.42 Å². The van der Waals surface area contributed by atoms with Crippen molar-refractivity contribution in [1.82, 2.24) is 0 Å². The summed E-state index contributed by atoms with van der Waals surface area (Å²) in [5.74, 6) is 0.626. The molecule has 0 aliphatic heterocycles. The first kappa shape index (κ1) is 13.1. The Labute approximate surface area is 99.3 Å². The third-order valence-corrected chi connectivity index (χ3v) is 3.42. The standard InChI is InChI=1S/C14H23NO/c1-5-6-12-7-13(2,3)9-14(4,8-12)10-16-11-15/h5-6,12H,7-10H2,1-4H3. The number of hydrogen-bond acceptors (Lipinski definition) is 2. The van der Waals surface area contributed by atoms with Crippen LogP contribution in [0.5, 0.6) is 0 Å². The van der Waals surface area contributed by atoms with Gasteiger partial charge < -0.3 is 4.74 Å². The number of nitrogens with zero attached hydrogens (tertiary/aromatic N) is 1. The molecule has 0 saturated heterocycles. The lowest BCUT2D eigenvalue weighted by atomic mass is 9.61. The van der Waals surface area contributed by atoms with Crippen LogP contribution in [0.3, 0.4) is 0 Å². The molecule has 0 N–H and O–H groups in total. The van der Waals surface area contributed by atoms with Gasteiger partial charge in [0, 0.05) is 5.41 Å². The van der Waals surface area contributed by atoms with Crippen LogP contribution in [0.25, 0.3) is 0 Å². The molecule has 0 aromatic rings. The molecule has 2 unspecified atom stereocenters. The van der Waals surface area contributed by atoms with Gasteiger partial charge in [0.05, 0.1) is 0 Å². The number of ether oxygens (including phenoxy) is 1. The van der Waals surface area contributed by atoms with Gasteiger partial charge >= 0.3 is 0 Å². The predicted octanol–water partition coefficient (Wildman–Crippen LogP) is 3.89. The van der Waals surface area contributed by atoms with E-state index >= 15 is 0 Å². The average molecular weight is 221 g/mol. The highest BCUT2D eigenvalue weighted by molar-refractivity contribution is 4.98. The first-order valence-electron chi connectivity index (χ1n) is 6.04. The maximum absolute atomic E-state index is 8.52. The monoisotopic (exact) mass is 221 g/mol. The number of nitriles is 1. The first-order chi connectivity index (χ1) is 7.41. The number of allylic oxidation sites excluding steroid dienone is 2. The van der Waals surface area contributed by atoms with Gasteiger partial charge in [0.25, 0.3) is 6.26 Å². The molecule has 0 aromatic carbocycles. The first-order valence-corrected chi connectivity index (χ1v) is 6.04. The normalized spacial score (nSPS) is 33.6. The Kier molecular flexibility index (Phi) is 4.02. The molecule has 0 aromatic heterocycles. The van der Waals surface area contributed by atoms with Crippen molar-refractivity contribution in [2.45, 2.75) is 47.0 Å². The van der Waals surface area contributed by atoms with Gasteiger partial charge in [0.15, 0.2) is 0 Å². The zero-order valence-corrected chi connectivity index (χ0v) is 10.9. The molecule has 16 heavy (non-hydrogen) atoms. The van der Waals surface area contributed by atoms with E-state index in [0.717, 1.165) is 12.8 Å². The summed E-state index contributed by atoms with van der Waals surface area (Å²) in [7, 11) is 0. The highest BCUT2D eigenvalue weighted by Crippen LogP contribution is 2.49. The van der Waals surface area contributed by atoms with E-state index in [0.29, 0.717) is 17.9 Å². The van der Waals surface area contributed by atoms with Gasteiger partial charge in [-0.25, -0.2) is 0 Å². The maximum Gasteiger partial charge on any atom is 0.286 e. The Hall–Kier alpha value is -0.970. The summed E-state index contributed by atoms with van der Waals surface area (Å²) >= 11 is 0. The van der Waals surface area contributed by atoms with Crippen LogP contribution in [-0.4, -0.2) is 6.61 Å². The zero-order chi connectivity index (χ0) is 12.2. The highest BCUT2D eigenvalue weighted by Gasteiger charge is 2.40. The molecule has 0 spiro atoms. The third kappa shape index (κ3) is 3.56. The van der Waals surface area contributed by atoms with Crippen molar-refractivity contribution in [1.29, 1.82) is 5.26 Å². The van der Waals surface area contributed by atoms with Crippen LogP contribution < -0.4 is 0 Å². The lowest BCUT2D eigenvalue weighted by molar-refractivity contribution is 0.0196. The molecule has 0 amide bonds. The van der Waals surface area contributed by atoms with Crippen molar-refractivity contribution in [2.24, 2.45) is 16.7 Å². The van der Waals surface area contributed by atoms with Crippen LogP contribution in [0.1, 0.15) is 47.0 Å². The van der Waals surface area contributed by atoms with Gasteiger partial charge in [-0.05, 0) is 37.5 Å². The second kappa shape index (κ2) is 4.91. The smallest absolute Gasteiger partial charge is 0.286 e. The lowest BCUT2D eigenvalue weighted by Gasteiger charge is -2.45. The van der Waals surface area contributed by atoms with Gasteiger partial charge in [-0.1, -0.05) is 32.9 Å². The van der Waals surface area contributed by atoms with E-state index in [1.807, 2.05) is 0 Å². The lowest BCUT2D eigenvalue weighted by Crippen LogP contribution is -2.37. The van der Waals surface area contributed by atoms with Crippen LogP contribution in [0, 0.1) is 28.3 Å². The third-order valence-electron chi connectivity index (χ3n) is 3.42. The molecular formula is C14H23NO. The Morgan fingerprint density at radius 3 is 2.62 bits per heavy atom. The number of rotatable bonds is 3. The van der Waals surface area contributed by atoms with Crippen molar-refractivity contribution < 1.29 is 4.74 Å². The molecule has 0 heterocycles. The van der Waals surface area contributed by atoms with Crippen LogP contribution in [0.2, 0.25) is 0 Å². The molecule has 0 radical (unpaired) electrons. The van der Waals surface area contributed by atoms with Crippen molar-refractivity contribution in [3.63, 3.8) is 0 Å². The molecular weight excluding hydrogens is 198 g/mol. The summed E-state index contributed by atoms with van der Waals surface area (Å²) in [6, 6.07) is 0. The van der Waals surface area contributed by atoms with Crippen LogP contribution in [-0.2, 0) is 4.74 Å². The minimum absolute atomic E-state index is 0.141. The van der Waals surface area contributed by atoms with Gasteiger partial charge in [0.1, 0.15) is 6.61 Å². The SMILES string of the molecule is CC=CC1CC(C)(C)CC(C)(COC#N)C1. The van der Waals surface area contributed by atoms with Crippen molar-refractivity contribution >= 4 is 0 Å². The molecule has 1 rings (SSSR count). The molecule has 2 heteroatoms. The quantitative estimate of drug-likeness (QED) is 0.535. The van der Waals surface area contributed by atoms with Crippen molar-refractivity contribution in [2.75, 3.05) is 6.61 Å². The second-order valence-electron chi connectivity index (χ2n) is 6.23. The van der Waals surface area contributed by atoms with Crippen LogP contribution >= 0.6 is 0 Å². The Bertz CT molecular complexity index is 300. The van der Waals surface area contributed by atoms with E-state index in [4.69, 9.17) is 10.00 Å². The summed E-state index contributed by atoms with van der Waals surface area (Å²) < 4.78 is 4.98. The fourth-order valence-electron chi connectivity index (χ4n) is 3.44. The van der Waals surface area contributed by atoms with Crippen molar-refractivity contribution in [3.8, 4) is 6.26 Å². The van der Waals surface area contributed by atoms with E-state index in [-0.39, 0.29) is 5.41 Å². The fourth-order valence-corrected chi connectivity index (χ4v) is 3.44. The van der Waals surface area contributed by atoms with Gasteiger partial charge in [-0.15, -0.1) is 0 Å². The Morgan fingerprint density at radius 2 is 2.06 bits per heavy atom. The van der Waals surface area contributed by atoms with Gasteiger partial charge in [-0.2, -0.15) is 5.26 Å².